The summed E-state index contributed by atoms with van der Waals surface area (Å²) in [6.45, 7) is 0. The zero-order chi connectivity index (χ0) is 11.4. The topological polar surface area (TPSA) is 72.8 Å². The van der Waals surface area contributed by atoms with Gasteiger partial charge in [0, 0.05) is 31.8 Å². The average Bonchev–Trinajstić information content (AvgIpc) is 2.38. The molecule has 0 aliphatic carbocycles. The Morgan fingerprint density at radius 1 is 0.938 bits per heavy atom. The number of ether oxygens (including phenoxy) is 1. The van der Waals surface area contributed by atoms with Crippen LogP contribution in [0.3, 0.4) is 0 Å². The van der Waals surface area contributed by atoms with Crippen LogP contribution in [-0.2, 0) is 0 Å². The predicted molar refractivity (Wildman–Crippen MR) is 59.2 cm³/mol. The molecule has 0 saturated heterocycles. The smallest absolute Gasteiger partial charge is 0.242 e. The summed E-state index contributed by atoms with van der Waals surface area (Å²) in [5.41, 5.74) is 1.19. The van der Waals surface area contributed by atoms with Crippen molar-refractivity contribution in [1.29, 1.82) is 0 Å². The molecule has 0 amide bonds. The molecule has 0 saturated carbocycles. The fraction of sp³-hybridized carbons (Fsp3) is 0.200. The third-order valence-corrected chi connectivity index (χ3v) is 2.02. The van der Waals surface area contributed by atoms with Crippen molar-refractivity contribution in [3.05, 3.63) is 24.8 Å². The number of hydrogen-bond donors (Lipinski definition) is 1. The summed E-state index contributed by atoms with van der Waals surface area (Å²) in [6.07, 6.45) is 6.37. The molecule has 0 aliphatic heterocycles. The average molecular weight is 217 g/mol. The predicted octanol–water partition coefficient (Wildman–Crippen LogP) is 0.984. The Balaban J connectivity index is 2.58. The zero-order valence-corrected chi connectivity index (χ0v) is 9.01. The van der Waals surface area contributed by atoms with Gasteiger partial charge in [0.15, 0.2) is 11.5 Å². The van der Waals surface area contributed by atoms with Crippen molar-refractivity contribution in [2.24, 2.45) is 0 Å². The zero-order valence-electron chi connectivity index (χ0n) is 9.01. The van der Waals surface area contributed by atoms with Crippen molar-refractivity contribution >= 4 is 5.82 Å². The second-order valence-electron chi connectivity index (χ2n) is 2.92. The number of methoxy groups -OCH3 is 1. The van der Waals surface area contributed by atoms with Gasteiger partial charge >= 0.3 is 0 Å². The summed E-state index contributed by atoms with van der Waals surface area (Å²) < 4.78 is 5.13. The van der Waals surface area contributed by atoms with Crippen LogP contribution in [-0.4, -0.2) is 34.1 Å². The molecule has 0 radical (unpaired) electrons. The summed E-state index contributed by atoms with van der Waals surface area (Å²) in [5, 5.41) is 2.95. The van der Waals surface area contributed by atoms with E-state index in [1.165, 1.54) is 0 Å². The summed E-state index contributed by atoms with van der Waals surface area (Å²) in [6, 6.07) is 0. The molecule has 16 heavy (non-hydrogen) atoms. The maximum Gasteiger partial charge on any atom is 0.242 e. The van der Waals surface area contributed by atoms with Crippen molar-refractivity contribution in [1.82, 2.24) is 19.9 Å². The minimum atomic E-state index is 0.430. The summed E-state index contributed by atoms with van der Waals surface area (Å²) in [7, 11) is 3.32. The third kappa shape index (κ3) is 1.77. The normalized spacial score (nSPS) is 9.88. The highest BCUT2D eigenvalue weighted by molar-refractivity contribution is 5.71. The summed E-state index contributed by atoms with van der Waals surface area (Å²) >= 11 is 0. The molecule has 0 spiro atoms. The Bertz CT molecular complexity index is 443. The van der Waals surface area contributed by atoms with E-state index in [-0.39, 0.29) is 0 Å². The number of aromatic nitrogens is 4. The van der Waals surface area contributed by atoms with Crippen LogP contribution in [0, 0.1) is 0 Å². The first-order chi connectivity index (χ1) is 7.86. The van der Waals surface area contributed by atoms with Crippen molar-refractivity contribution in [3.63, 3.8) is 0 Å². The molecule has 0 fully saturated rings. The SMILES string of the molecule is CNc1nccnc1-c1nccnc1OC. The number of anilines is 1. The van der Waals surface area contributed by atoms with Crippen LogP contribution in [0.2, 0.25) is 0 Å². The molecule has 0 bridgehead atoms. The first-order valence-corrected chi connectivity index (χ1v) is 4.71. The second-order valence-corrected chi connectivity index (χ2v) is 2.92. The van der Waals surface area contributed by atoms with E-state index in [0.29, 0.717) is 23.1 Å². The number of nitrogens with one attached hydrogen (secondary N) is 1. The van der Waals surface area contributed by atoms with Gasteiger partial charge in [-0.3, -0.25) is 0 Å². The van der Waals surface area contributed by atoms with Gasteiger partial charge in [0.2, 0.25) is 5.88 Å². The maximum atomic E-state index is 5.13. The molecule has 82 valence electrons. The Hall–Kier alpha value is -2.24. The van der Waals surface area contributed by atoms with Gasteiger partial charge in [0.05, 0.1) is 7.11 Å². The largest absolute Gasteiger partial charge is 0.479 e. The van der Waals surface area contributed by atoms with Crippen molar-refractivity contribution in [2.75, 3.05) is 19.5 Å². The molecule has 0 unspecified atom stereocenters. The third-order valence-electron chi connectivity index (χ3n) is 2.02. The molecule has 2 aromatic rings. The molecular weight excluding hydrogens is 206 g/mol. The lowest BCUT2D eigenvalue weighted by atomic mass is 10.3. The van der Waals surface area contributed by atoms with E-state index >= 15 is 0 Å². The Labute approximate surface area is 92.8 Å². The quantitative estimate of drug-likeness (QED) is 0.826. The lowest BCUT2D eigenvalue weighted by molar-refractivity contribution is 0.397. The van der Waals surface area contributed by atoms with Crippen LogP contribution in [0.15, 0.2) is 24.8 Å². The van der Waals surface area contributed by atoms with Gasteiger partial charge in [0.1, 0.15) is 5.69 Å². The first-order valence-electron chi connectivity index (χ1n) is 4.71. The van der Waals surface area contributed by atoms with Crippen molar-refractivity contribution in [3.8, 4) is 17.3 Å². The molecule has 0 atom stereocenters. The monoisotopic (exact) mass is 217 g/mol. The van der Waals surface area contributed by atoms with E-state index in [2.05, 4.69) is 25.3 Å². The van der Waals surface area contributed by atoms with E-state index in [1.54, 1.807) is 38.9 Å². The highest BCUT2D eigenvalue weighted by Crippen LogP contribution is 2.27. The van der Waals surface area contributed by atoms with E-state index in [0.717, 1.165) is 0 Å². The molecule has 0 aromatic carbocycles. The number of rotatable bonds is 3. The Kier molecular flexibility index (Phi) is 2.90. The highest BCUT2D eigenvalue weighted by Gasteiger charge is 2.13. The van der Waals surface area contributed by atoms with E-state index in [9.17, 15) is 0 Å². The molecule has 6 nitrogen and oxygen atoms in total. The molecule has 6 heteroatoms. The highest BCUT2D eigenvalue weighted by atomic mass is 16.5. The van der Waals surface area contributed by atoms with Crippen LogP contribution < -0.4 is 10.1 Å². The molecule has 0 aliphatic rings. The molecule has 2 aromatic heterocycles. The Morgan fingerprint density at radius 2 is 1.56 bits per heavy atom. The van der Waals surface area contributed by atoms with Crippen LogP contribution >= 0.6 is 0 Å². The van der Waals surface area contributed by atoms with Crippen LogP contribution in [0.4, 0.5) is 5.82 Å². The second kappa shape index (κ2) is 4.52. The van der Waals surface area contributed by atoms with Crippen LogP contribution in [0.5, 0.6) is 5.88 Å². The molecule has 2 heterocycles. The maximum absolute atomic E-state index is 5.13. The minimum Gasteiger partial charge on any atom is -0.479 e. The van der Waals surface area contributed by atoms with Crippen molar-refractivity contribution in [2.45, 2.75) is 0 Å². The van der Waals surface area contributed by atoms with Gasteiger partial charge in [-0.15, -0.1) is 0 Å². The lowest BCUT2D eigenvalue weighted by Gasteiger charge is -2.08. The molecule has 2 rings (SSSR count). The van der Waals surface area contributed by atoms with Gasteiger partial charge in [0.25, 0.3) is 0 Å². The molecular formula is C10H11N5O. The van der Waals surface area contributed by atoms with Crippen LogP contribution in [0.1, 0.15) is 0 Å². The van der Waals surface area contributed by atoms with Crippen LogP contribution in [0.25, 0.3) is 11.4 Å². The number of nitrogens with zero attached hydrogens (tertiary/aromatic N) is 4. The van der Waals surface area contributed by atoms with E-state index in [4.69, 9.17) is 4.74 Å². The van der Waals surface area contributed by atoms with Gasteiger partial charge in [-0.25, -0.2) is 19.9 Å². The van der Waals surface area contributed by atoms with Gasteiger partial charge < -0.3 is 10.1 Å². The molecule has 1 N–H and O–H groups in total. The van der Waals surface area contributed by atoms with E-state index < -0.39 is 0 Å². The number of hydrogen-bond acceptors (Lipinski definition) is 6. The summed E-state index contributed by atoms with van der Waals surface area (Å²) in [5.74, 6) is 1.07. The lowest BCUT2D eigenvalue weighted by Crippen LogP contribution is -2.01. The van der Waals surface area contributed by atoms with E-state index in [1.807, 2.05) is 0 Å². The fourth-order valence-electron chi connectivity index (χ4n) is 1.33. The Morgan fingerprint density at radius 3 is 2.25 bits per heavy atom. The summed E-state index contributed by atoms with van der Waals surface area (Å²) in [4.78, 5) is 16.6. The standard InChI is InChI=1S/C10H11N5O/c1-11-9-7(12-3-5-14-9)8-10(16-2)15-6-4-13-8/h3-6H,1-2H3,(H,11,14). The van der Waals surface area contributed by atoms with Gasteiger partial charge in [-0.2, -0.15) is 0 Å². The van der Waals surface area contributed by atoms with Crippen molar-refractivity contribution < 1.29 is 4.74 Å². The first kappa shape index (κ1) is 10.3. The minimum absolute atomic E-state index is 0.430. The van der Waals surface area contributed by atoms with Gasteiger partial charge in [-0.1, -0.05) is 0 Å². The fourth-order valence-corrected chi connectivity index (χ4v) is 1.33. The van der Waals surface area contributed by atoms with Gasteiger partial charge in [-0.05, 0) is 0 Å².